The molecular formula is C17H22O3. The molecular weight excluding hydrogens is 252 g/mol. The van der Waals surface area contributed by atoms with Gasteiger partial charge in [0.15, 0.2) is 0 Å². The van der Waals surface area contributed by atoms with Gasteiger partial charge in [-0.15, -0.1) is 0 Å². The fraction of sp³-hybridized carbons (Fsp3) is 0.471. The minimum atomic E-state index is -0.764. The molecule has 1 N–H and O–H groups in total. The summed E-state index contributed by atoms with van der Waals surface area (Å²) in [4.78, 5) is 10.9. The molecule has 1 unspecified atom stereocenters. The van der Waals surface area contributed by atoms with Crippen LogP contribution in [-0.4, -0.2) is 16.7 Å². The van der Waals surface area contributed by atoms with Crippen LogP contribution in [0.25, 0.3) is 6.08 Å². The van der Waals surface area contributed by atoms with E-state index in [1.807, 2.05) is 40.7 Å². The Morgan fingerprint density at radius 2 is 2.05 bits per heavy atom. The Hall–Kier alpha value is -1.77. The summed E-state index contributed by atoms with van der Waals surface area (Å²) in [7, 11) is 0. The second kappa shape index (κ2) is 4.97. The molecule has 0 aromatic heterocycles. The maximum Gasteiger partial charge on any atom is 0.303 e. The molecule has 0 radical (unpaired) electrons. The first-order chi connectivity index (χ1) is 9.21. The number of ether oxygens (including phenoxy) is 1. The van der Waals surface area contributed by atoms with Gasteiger partial charge in [0.05, 0.1) is 6.42 Å². The topological polar surface area (TPSA) is 46.5 Å². The molecule has 1 aromatic rings. The van der Waals surface area contributed by atoms with Gasteiger partial charge >= 0.3 is 5.97 Å². The molecule has 0 aliphatic carbocycles. The number of rotatable bonds is 3. The van der Waals surface area contributed by atoms with Crippen LogP contribution in [0.1, 0.15) is 55.4 Å². The Bertz CT molecular complexity index is 582. The van der Waals surface area contributed by atoms with E-state index in [0.717, 1.165) is 28.0 Å². The molecule has 20 heavy (non-hydrogen) atoms. The van der Waals surface area contributed by atoms with Gasteiger partial charge in [0.1, 0.15) is 11.4 Å². The summed E-state index contributed by atoms with van der Waals surface area (Å²) in [5, 5.41) is 8.97. The van der Waals surface area contributed by atoms with Crippen LogP contribution in [0, 0.1) is 13.8 Å². The molecule has 3 heteroatoms. The highest BCUT2D eigenvalue weighted by Gasteiger charge is 2.26. The van der Waals surface area contributed by atoms with Gasteiger partial charge in [-0.25, -0.2) is 0 Å². The van der Waals surface area contributed by atoms with Crippen molar-refractivity contribution in [3.63, 3.8) is 0 Å². The number of hydrogen-bond donors (Lipinski definition) is 1. The van der Waals surface area contributed by atoms with Crippen LogP contribution in [0.3, 0.4) is 0 Å². The monoisotopic (exact) mass is 274 g/mol. The molecule has 0 saturated heterocycles. The maximum absolute atomic E-state index is 10.9. The van der Waals surface area contributed by atoms with E-state index >= 15 is 0 Å². The summed E-state index contributed by atoms with van der Waals surface area (Å²) >= 11 is 0. The lowest BCUT2D eigenvalue weighted by Crippen LogP contribution is -2.28. The first kappa shape index (κ1) is 14.6. The number of benzene rings is 1. The quantitative estimate of drug-likeness (QED) is 0.904. The standard InChI is InChI=1S/C17H22O3/c1-10(9-15(18)19)14-8-11(2)16-13(12(14)3)6-7-17(4,5)20-16/h6-8,10H,9H2,1-5H3,(H,18,19). The van der Waals surface area contributed by atoms with E-state index in [2.05, 4.69) is 12.1 Å². The lowest BCUT2D eigenvalue weighted by Gasteiger charge is -2.31. The Balaban J connectivity index is 2.50. The van der Waals surface area contributed by atoms with Crippen molar-refractivity contribution in [2.24, 2.45) is 0 Å². The van der Waals surface area contributed by atoms with Crippen LogP contribution in [-0.2, 0) is 4.79 Å². The van der Waals surface area contributed by atoms with Crippen molar-refractivity contribution in [3.05, 3.63) is 34.4 Å². The summed E-state index contributed by atoms with van der Waals surface area (Å²) in [6.07, 6.45) is 4.29. The van der Waals surface area contributed by atoms with Gasteiger partial charge in [0.2, 0.25) is 0 Å². The van der Waals surface area contributed by atoms with Gasteiger partial charge in [0.25, 0.3) is 0 Å². The first-order valence-electron chi connectivity index (χ1n) is 6.95. The van der Waals surface area contributed by atoms with Crippen molar-refractivity contribution in [2.75, 3.05) is 0 Å². The molecule has 0 bridgehead atoms. The molecule has 0 saturated carbocycles. The number of hydrogen-bond acceptors (Lipinski definition) is 2. The van der Waals surface area contributed by atoms with Gasteiger partial charge in [0, 0.05) is 5.56 Å². The van der Waals surface area contributed by atoms with Crippen LogP contribution in [0.2, 0.25) is 0 Å². The number of aliphatic carboxylic acids is 1. The van der Waals surface area contributed by atoms with Crippen molar-refractivity contribution in [2.45, 2.75) is 52.6 Å². The maximum atomic E-state index is 10.9. The van der Waals surface area contributed by atoms with E-state index in [1.165, 1.54) is 0 Å². The molecule has 1 heterocycles. The molecule has 1 aliphatic rings. The fourth-order valence-corrected chi connectivity index (χ4v) is 2.75. The number of carbonyl (C=O) groups is 1. The van der Waals surface area contributed by atoms with Gasteiger partial charge in [-0.3, -0.25) is 4.79 Å². The van der Waals surface area contributed by atoms with E-state index in [9.17, 15) is 4.79 Å². The first-order valence-corrected chi connectivity index (χ1v) is 6.95. The average molecular weight is 274 g/mol. The number of aryl methyl sites for hydroxylation is 1. The third-order valence-corrected chi connectivity index (χ3v) is 3.84. The Morgan fingerprint density at radius 1 is 1.40 bits per heavy atom. The summed E-state index contributed by atoms with van der Waals surface area (Å²) in [5.74, 6) is 0.154. The van der Waals surface area contributed by atoms with Crippen LogP contribution in [0.5, 0.6) is 5.75 Å². The van der Waals surface area contributed by atoms with Gasteiger partial charge in [-0.1, -0.05) is 19.1 Å². The van der Waals surface area contributed by atoms with Gasteiger partial charge < -0.3 is 9.84 Å². The molecule has 3 nitrogen and oxygen atoms in total. The Labute approximate surface area is 120 Å². The summed E-state index contributed by atoms with van der Waals surface area (Å²) in [6.45, 7) is 10.1. The molecule has 108 valence electrons. The van der Waals surface area contributed by atoms with Crippen molar-refractivity contribution in [1.29, 1.82) is 0 Å². The molecule has 0 fully saturated rings. The van der Waals surface area contributed by atoms with Crippen molar-refractivity contribution < 1.29 is 14.6 Å². The van der Waals surface area contributed by atoms with Crippen molar-refractivity contribution in [3.8, 4) is 5.75 Å². The molecule has 0 amide bonds. The van der Waals surface area contributed by atoms with Crippen LogP contribution in [0.4, 0.5) is 0 Å². The molecule has 1 aliphatic heterocycles. The van der Waals surface area contributed by atoms with Crippen molar-refractivity contribution >= 4 is 12.0 Å². The summed E-state index contributed by atoms with van der Waals surface area (Å²) in [5.41, 5.74) is 4.06. The highest BCUT2D eigenvalue weighted by Crippen LogP contribution is 2.39. The molecule has 1 atom stereocenters. The largest absolute Gasteiger partial charge is 0.483 e. The zero-order valence-corrected chi connectivity index (χ0v) is 12.8. The van der Waals surface area contributed by atoms with Crippen LogP contribution >= 0.6 is 0 Å². The summed E-state index contributed by atoms with van der Waals surface area (Å²) < 4.78 is 6.04. The molecule has 2 rings (SSSR count). The Kier molecular flexibility index (Phi) is 3.63. The van der Waals surface area contributed by atoms with E-state index in [4.69, 9.17) is 9.84 Å². The van der Waals surface area contributed by atoms with E-state index in [1.54, 1.807) is 0 Å². The fourth-order valence-electron chi connectivity index (χ4n) is 2.75. The third-order valence-electron chi connectivity index (χ3n) is 3.84. The summed E-state index contributed by atoms with van der Waals surface area (Å²) in [6, 6.07) is 2.07. The normalized spacial score (nSPS) is 17.2. The lowest BCUT2D eigenvalue weighted by molar-refractivity contribution is -0.137. The second-order valence-electron chi connectivity index (χ2n) is 6.19. The second-order valence-corrected chi connectivity index (χ2v) is 6.19. The highest BCUT2D eigenvalue weighted by atomic mass is 16.5. The number of carboxylic acids is 1. The van der Waals surface area contributed by atoms with Gasteiger partial charge in [-0.2, -0.15) is 0 Å². The molecule has 1 aromatic carbocycles. The number of fused-ring (bicyclic) bond motifs is 1. The zero-order chi connectivity index (χ0) is 15.1. The van der Waals surface area contributed by atoms with E-state index < -0.39 is 5.97 Å². The van der Waals surface area contributed by atoms with Crippen LogP contribution < -0.4 is 4.74 Å². The highest BCUT2D eigenvalue weighted by molar-refractivity contribution is 5.71. The predicted molar refractivity (Wildman–Crippen MR) is 80.3 cm³/mol. The van der Waals surface area contributed by atoms with Gasteiger partial charge in [-0.05, 0) is 56.4 Å². The smallest absolute Gasteiger partial charge is 0.303 e. The average Bonchev–Trinajstić information content (AvgIpc) is 2.31. The lowest BCUT2D eigenvalue weighted by atomic mass is 9.87. The SMILES string of the molecule is Cc1cc(C(C)CC(=O)O)c(C)c2c1OC(C)(C)C=C2. The number of carboxylic acid groups (broad SMARTS) is 1. The minimum absolute atomic E-state index is 0.000151. The third kappa shape index (κ3) is 2.72. The van der Waals surface area contributed by atoms with Crippen molar-refractivity contribution in [1.82, 2.24) is 0 Å². The van der Waals surface area contributed by atoms with Crippen LogP contribution in [0.15, 0.2) is 12.1 Å². The Morgan fingerprint density at radius 3 is 2.65 bits per heavy atom. The predicted octanol–water partition coefficient (Wildman–Crippen LogP) is 4.07. The van der Waals surface area contributed by atoms with E-state index in [-0.39, 0.29) is 17.9 Å². The zero-order valence-electron chi connectivity index (χ0n) is 12.8. The van der Waals surface area contributed by atoms with E-state index in [0.29, 0.717) is 0 Å². The molecule has 0 spiro atoms. The minimum Gasteiger partial charge on any atom is -0.483 e.